The predicted molar refractivity (Wildman–Crippen MR) is 490 cm³/mol. The molecule has 4 aromatic heterocycles. The molecule has 4 heteroatoms. The SMILES string of the molecule is c1ccc(-n2c3ccccc3c3cc(-c4ccc5c(c4)c4cc(-c6ccc7c8c(c(-c9ccccc9-n9c%10ccccc%10c%10cc(-c%11ccc%12c(c%11)c%11cc(-c%13ccc%14c%15c(cccc%13%15)-c%13ccccc%13-%14)ccc%11n%12-c%11cccc%12ccccc%11%12)ccc%109)ccc68)-c6ccccc6-7)ccc4n5-c4ccc5ccccc5c4)ccc32)cc1. The first-order valence-electron chi connectivity index (χ1n) is 40.3. The molecule has 0 spiro atoms. The van der Waals surface area contributed by atoms with Gasteiger partial charge in [0.1, 0.15) is 0 Å². The third-order valence-corrected chi connectivity index (χ3v) is 25.8. The van der Waals surface area contributed by atoms with E-state index in [1.54, 1.807) is 0 Å². The van der Waals surface area contributed by atoms with Gasteiger partial charge in [0.15, 0.2) is 0 Å². The van der Waals surface area contributed by atoms with Gasteiger partial charge in [-0.05, 0) is 254 Å². The van der Waals surface area contributed by atoms with Crippen LogP contribution in [0.5, 0.6) is 0 Å². The maximum Gasteiger partial charge on any atom is 0.0541 e. The van der Waals surface area contributed by atoms with Crippen LogP contribution in [-0.4, -0.2) is 18.3 Å². The Morgan fingerprint density at radius 1 is 0.138 bits per heavy atom. The highest BCUT2D eigenvalue weighted by Crippen LogP contribution is 2.56. The molecule has 0 fully saturated rings. The molecular formula is C112H66N4. The zero-order valence-corrected chi connectivity index (χ0v) is 62.9. The Bertz CT molecular complexity index is 8430. The molecule has 24 aromatic rings. The van der Waals surface area contributed by atoms with Crippen molar-refractivity contribution in [1.29, 1.82) is 0 Å². The number of rotatable bonds is 9. The van der Waals surface area contributed by atoms with Gasteiger partial charge >= 0.3 is 0 Å². The van der Waals surface area contributed by atoms with E-state index in [1.807, 2.05) is 0 Å². The minimum atomic E-state index is 1.14. The highest BCUT2D eigenvalue weighted by Gasteiger charge is 2.30. The van der Waals surface area contributed by atoms with Crippen LogP contribution in [0.1, 0.15) is 0 Å². The quantitative estimate of drug-likeness (QED) is 0.137. The van der Waals surface area contributed by atoms with Gasteiger partial charge < -0.3 is 18.3 Å². The molecule has 0 aliphatic heterocycles. The van der Waals surface area contributed by atoms with Crippen LogP contribution >= 0.6 is 0 Å². The number of aromatic nitrogens is 4. The topological polar surface area (TPSA) is 19.7 Å². The molecule has 2 aliphatic carbocycles. The summed E-state index contributed by atoms with van der Waals surface area (Å²) in [5.41, 5.74) is 36.2. The lowest BCUT2D eigenvalue weighted by molar-refractivity contribution is 1.18. The van der Waals surface area contributed by atoms with Crippen LogP contribution in [0.25, 0.3) is 253 Å². The van der Waals surface area contributed by atoms with Crippen molar-refractivity contribution in [3.8, 4) is 123 Å². The fraction of sp³-hybridized carbons (Fsp3) is 0. The molecular weight excluding hydrogens is 1400 g/mol. The van der Waals surface area contributed by atoms with Crippen molar-refractivity contribution < 1.29 is 0 Å². The van der Waals surface area contributed by atoms with Crippen LogP contribution in [0.3, 0.4) is 0 Å². The van der Waals surface area contributed by atoms with Crippen LogP contribution in [0.4, 0.5) is 0 Å². The standard InChI is InChI=1S/C112H66N4/c1-2-24-76(25-3-1)113-101-36-15-13-31-85(101)94-61-70(41-54-104(94)113)72-42-55-105-96(63-72)98-65-75(45-58-106(98)114(105)77-47-40-67-20-4-5-22-69(67)60-77)79-49-51-92-83-29-10-11-33-89(83)111-93(53-52-90(79)112(92)111)84-30-12-16-37-102(84)116-103-38-17-14-32-86(103)95-62-71(43-56-107(95)116)73-44-57-108-97(64-73)99-66-74(46-59-109(99)115(108)100-39-18-23-68-21-6-7-26-80(68)100)78-48-50-91-82-28-9-8-27-81(82)88-35-19-34-87(78)110(88)91/h1-66H. The van der Waals surface area contributed by atoms with Gasteiger partial charge in [0.25, 0.3) is 0 Å². The average Bonchev–Trinajstić information content (AvgIpc) is 1.57. The van der Waals surface area contributed by atoms with Gasteiger partial charge in [-0.3, -0.25) is 0 Å². The highest BCUT2D eigenvalue weighted by atomic mass is 15.0. The molecule has 116 heavy (non-hydrogen) atoms. The normalized spacial score (nSPS) is 12.3. The molecule has 2 aliphatic rings. The van der Waals surface area contributed by atoms with E-state index in [1.165, 1.54) is 231 Å². The lowest BCUT2D eigenvalue weighted by atomic mass is 9.89. The molecule has 0 amide bonds. The maximum atomic E-state index is 2.53. The Kier molecular flexibility index (Phi) is 13.1. The number of benzene rings is 20. The molecule has 0 unspecified atom stereocenters. The number of fused-ring (bicyclic) bond motifs is 20. The molecule has 0 radical (unpaired) electrons. The Balaban J connectivity index is 0.616. The third-order valence-electron chi connectivity index (χ3n) is 25.8. The highest BCUT2D eigenvalue weighted by molar-refractivity contribution is 6.25. The second kappa shape index (κ2) is 24.1. The third kappa shape index (κ3) is 8.98. The Labute approximate surface area is 667 Å². The van der Waals surface area contributed by atoms with E-state index in [-0.39, 0.29) is 0 Å². The molecule has 534 valence electrons. The first-order chi connectivity index (χ1) is 57.5. The van der Waals surface area contributed by atoms with Crippen molar-refractivity contribution in [3.63, 3.8) is 0 Å². The monoisotopic (exact) mass is 1470 g/mol. The van der Waals surface area contributed by atoms with Gasteiger partial charge in [0.2, 0.25) is 0 Å². The zero-order chi connectivity index (χ0) is 75.5. The minimum Gasteiger partial charge on any atom is -0.309 e. The summed E-state index contributed by atoms with van der Waals surface area (Å²) in [6.45, 7) is 0. The second-order valence-corrected chi connectivity index (χ2v) is 31.7. The van der Waals surface area contributed by atoms with E-state index in [9.17, 15) is 0 Å². The second-order valence-electron chi connectivity index (χ2n) is 31.7. The van der Waals surface area contributed by atoms with Gasteiger partial charge in [0.05, 0.1) is 55.5 Å². The van der Waals surface area contributed by atoms with Gasteiger partial charge in [0, 0.05) is 65.4 Å². The van der Waals surface area contributed by atoms with E-state index in [0.29, 0.717) is 0 Å². The van der Waals surface area contributed by atoms with Gasteiger partial charge in [-0.15, -0.1) is 0 Å². The van der Waals surface area contributed by atoms with E-state index in [2.05, 4.69) is 419 Å². The lowest BCUT2D eigenvalue weighted by Gasteiger charge is -2.18. The predicted octanol–water partition coefficient (Wildman–Crippen LogP) is 30.3. The fourth-order valence-corrected chi connectivity index (χ4v) is 20.7. The fourth-order valence-electron chi connectivity index (χ4n) is 20.7. The number of para-hydroxylation sites is 4. The van der Waals surface area contributed by atoms with Crippen molar-refractivity contribution in [2.24, 2.45) is 0 Å². The summed E-state index contributed by atoms with van der Waals surface area (Å²) >= 11 is 0. The Morgan fingerprint density at radius 3 is 1.11 bits per heavy atom. The number of hydrogen-bond donors (Lipinski definition) is 0. The summed E-state index contributed by atoms with van der Waals surface area (Å²) in [4.78, 5) is 0. The average molecular weight is 1470 g/mol. The molecule has 0 bridgehead atoms. The molecule has 20 aromatic carbocycles. The van der Waals surface area contributed by atoms with E-state index in [0.717, 1.165) is 22.6 Å². The van der Waals surface area contributed by atoms with Crippen LogP contribution < -0.4 is 0 Å². The zero-order valence-electron chi connectivity index (χ0n) is 62.9. The minimum absolute atomic E-state index is 1.14. The summed E-state index contributed by atoms with van der Waals surface area (Å²) in [5.74, 6) is 0. The number of hydrogen-bond acceptors (Lipinski definition) is 0. The summed E-state index contributed by atoms with van der Waals surface area (Å²) in [7, 11) is 0. The van der Waals surface area contributed by atoms with Gasteiger partial charge in [-0.1, -0.05) is 279 Å². The van der Waals surface area contributed by atoms with Crippen LogP contribution in [0, 0.1) is 0 Å². The van der Waals surface area contributed by atoms with Gasteiger partial charge in [-0.25, -0.2) is 0 Å². The molecule has 4 nitrogen and oxygen atoms in total. The molecule has 0 atom stereocenters. The number of nitrogens with zero attached hydrogens (tertiary/aromatic N) is 4. The van der Waals surface area contributed by atoms with E-state index < -0.39 is 0 Å². The summed E-state index contributed by atoms with van der Waals surface area (Å²) in [6, 6.07) is 151. The van der Waals surface area contributed by atoms with Crippen molar-refractivity contribution in [2.75, 3.05) is 0 Å². The smallest absolute Gasteiger partial charge is 0.0541 e. The van der Waals surface area contributed by atoms with Crippen LogP contribution in [0.15, 0.2) is 400 Å². The lowest BCUT2D eigenvalue weighted by Crippen LogP contribution is -1.98. The molecule has 0 N–H and O–H groups in total. The maximum absolute atomic E-state index is 2.53. The summed E-state index contributed by atoms with van der Waals surface area (Å²) < 4.78 is 9.90. The van der Waals surface area contributed by atoms with Crippen molar-refractivity contribution in [2.45, 2.75) is 0 Å². The first kappa shape index (κ1) is 63.3. The van der Waals surface area contributed by atoms with Gasteiger partial charge in [-0.2, -0.15) is 0 Å². The molecule has 0 saturated heterocycles. The Hall–Kier alpha value is -15.4. The van der Waals surface area contributed by atoms with Crippen LogP contribution in [-0.2, 0) is 0 Å². The summed E-state index contributed by atoms with van der Waals surface area (Å²) in [5, 5.41) is 19.8. The van der Waals surface area contributed by atoms with E-state index >= 15 is 0 Å². The molecule has 0 saturated carbocycles. The summed E-state index contributed by atoms with van der Waals surface area (Å²) in [6.07, 6.45) is 0. The van der Waals surface area contributed by atoms with Crippen molar-refractivity contribution in [1.82, 2.24) is 18.3 Å². The molecule has 26 rings (SSSR count). The largest absolute Gasteiger partial charge is 0.309 e. The Morgan fingerprint density at radius 2 is 0.500 bits per heavy atom. The van der Waals surface area contributed by atoms with Crippen molar-refractivity contribution >= 4 is 130 Å². The first-order valence-corrected chi connectivity index (χ1v) is 40.3. The van der Waals surface area contributed by atoms with Crippen LogP contribution in [0.2, 0.25) is 0 Å². The van der Waals surface area contributed by atoms with E-state index in [4.69, 9.17) is 0 Å². The van der Waals surface area contributed by atoms with Crippen molar-refractivity contribution in [3.05, 3.63) is 400 Å². The molecule has 4 heterocycles.